The van der Waals surface area contributed by atoms with Crippen LogP contribution < -0.4 is 10.1 Å². The second kappa shape index (κ2) is 9.24. The number of methoxy groups -OCH3 is 1. The highest BCUT2D eigenvalue weighted by atomic mass is 79.9. The average molecular weight is 502 g/mol. The summed E-state index contributed by atoms with van der Waals surface area (Å²) >= 11 is 4.68. The lowest BCUT2D eigenvalue weighted by Gasteiger charge is -2.10. The van der Waals surface area contributed by atoms with Gasteiger partial charge in [-0.15, -0.1) is 11.8 Å². The molecule has 0 amide bonds. The molecular formula is C19H15BrF3N3OS2. The number of rotatable bonds is 5. The van der Waals surface area contributed by atoms with E-state index in [2.05, 4.69) is 38.1 Å². The van der Waals surface area contributed by atoms with E-state index >= 15 is 0 Å². The van der Waals surface area contributed by atoms with Gasteiger partial charge in [0, 0.05) is 22.9 Å². The summed E-state index contributed by atoms with van der Waals surface area (Å²) in [6.45, 7) is 0.222. The van der Waals surface area contributed by atoms with Crippen LogP contribution in [0.25, 0.3) is 5.65 Å². The standard InChI is InChI=1S/C19H15BrF3N3OS2/c1-27-16-11-12(28-2)7-8-14(16)24-9-3-6-15-18(29-19(21,22)23)26-10-4-5-13(20)17(26)25-15/h4-5,7-8,10-11,24H,9H2,1-2H3. The smallest absolute Gasteiger partial charge is 0.447 e. The Morgan fingerprint density at radius 3 is 2.79 bits per heavy atom. The SMILES string of the molecule is COc1cc(SC)ccc1NCC#Cc1nc2c(Br)cccn2c1SC(F)(F)F. The number of hydrogen-bond acceptors (Lipinski definition) is 5. The van der Waals surface area contributed by atoms with E-state index < -0.39 is 5.51 Å². The molecule has 4 nitrogen and oxygen atoms in total. The number of imidazole rings is 1. The van der Waals surface area contributed by atoms with Crippen molar-refractivity contribution < 1.29 is 17.9 Å². The molecule has 10 heteroatoms. The van der Waals surface area contributed by atoms with Gasteiger partial charge < -0.3 is 10.1 Å². The number of hydrogen-bond donors (Lipinski definition) is 1. The van der Waals surface area contributed by atoms with Crippen molar-refractivity contribution >= 4 is 50.8 Å². The molecule has 29 heavy (non-hydrogen) atoms. The van der Waals surface area contributed by atoms with E-state index in [0.29, 0.717) is 15.9 Å². The number of fused-ring (bicyclic) bond motifs is 1. The summed E-state index contributed by atoms with van der Waals surface area (Å²) in [6, 6.07) is 9.08. The Morgan fingerprint density at radius 1 is 1.31 bits per heavy atom. The molecule has 0 saturated carbocycles. The summed E-state index contributed by atoms with van der Waals surface area (Å²) in [5.74, 6) is 6.26. The van der Waals surface area contributed by atoms with Gasteiger partial charge in [-0.3, -0.25) is 4.40 Å². The molecule has 0 radical (unpaired) electrons. The van der Waals surface area contributed by atoms with E-state index in [1.807, 2.05) is 24.5 Å². The molecule has 0 spiro atoms. The van der Waals surface area contributed by atoms with Crippen molar-refractivity contribution in [3.05, 3.63) is 46.7 Å². The summed E-state index contributed by atoms with van der Waals surface area (Å²) in [6.07, 6.45) is 3.50. The van der Waals surface area contributed by atoms with E-state index in [1.54, 1.807) is 31.0 Å². The van der Waals surface area contributed by atoms with Crippen LogP contribution in [0.2, 0.25) is 0 Å². The van der Waals surface area contributed by atoms with Crippen molar-refractivity contribution in [2.24, 2.45) is 0 Å². The van der Waals surface area contributed by atoms with Crippen LogP contribution in [0.1, 0.15) is 5.69 Å². The number of pyridine rings is 1. The van der Waals surface area contributed by atoms with Crippen LogP contribution in [-0.4, -0.2) is 34.8 Å². The van der Waals surface area contributed by atoms with Crippen molar-refractivity contribution in [2.75, 3.05) is 25.2 Å². The molecule has 0 saturated heterocycles. The van der Waals surface area contributed by atoms with Gasteiger partial charge in [0.25, 0.3) is 0 Å². The fourth-order valence-corrected chi connectivity index (χ4v) is 4.03. The van der Waals surface area contributed by atoms with E-state index in [1.165, 1.54) is 10.6 Å². The molecule has 0 aliphatic rings. The normalized spacial score (nSPS) is 11.2. The Labute approximate surface area is 182 Å². The van der Waals surface area contributed by atoms with Gasteiger partial charge in [0.15, 0.2) is 5.65 Å². The third-order valence-electron chi connectivity index (χ3n) is 3.75. The Bertz CT molecular complexity index is 1090. The van der Waals surface area contributed by atoms with Crippen LogP contribution >= 0.6 is 39.5 Å². The highest BCUT2D eigenvalue weighted by Gasteiger charge is 2.33. The number of aromatic nitrogens is 2. The van der Waals surface area contributed by atoms with E-state index in [0.717, 1.165) is 10.6 Å². The van der Waals surface area contributed by atoms with Gasteiger partial charge in [0.1, 0.15) is 16.5 Å². The number of ether oxygens (including phenoxy) is 1. The molecule has 0 atom stereocenters. The number of nitrogens with zero attached hydrogens (tertiary/aromatic N) is 2. The zero-order chi connectivity index (χ0) is 21.0. The topological polar surface area (TPSA) is 38.6 Å². The number of alkyl halides is 3. The first-order valence-electron chi connectivity index (χ1n) is 8.19. The van der Waals surface area contributed by atoms with E-state index in [9.17, 15) is 13.2 Å². The second-order valence-corrected chi connectivity index (χ2v) is 8.37. The number of halogens is 4. The quantitative estimate of drug-likeness (QED) is 0.347. The summed E-state index contributed by atoms with van der Waals surface area (Å²) in [7, 11) is 1.57. The predicted octanol–water partition coefficient (Wildman–Crippen LogP) is 5.90. The van der Waals surface area contributed by atoms with Crippen molar-refractivity contribution in [2.45, 2.75) is 15.4 Å². The highest BCUT2D eigenvalue weighted by Crippen LogP contribution is 2.39. The lowest BCUT2D eigenvalue weighted by atomic mass is 10.3. The van der Waals surface area contributed by atoms with Gasteiger partial charge in [0.05, 0.1) is 23.8 Å². The summed E-state index contributed by atoms with van der Waals surface area (Å²) in [4.78, 5) is 5.32. The molecule has 0 fully saturated rings. The molecule has 2 heterocycles. The van der Waals surface area contributed by atoms with Crippen LogP contribution in [0.5, 0.6) is 5.75 Å². The van der Waals surface area contributed by atoms with Crippen LogP contribution in [0.15, 0.2) is 50.9 Å². The minimum atomic E-state index is -4.45. The minimum absolute atomic E-state index is 0.0665. The van der Waals surface area contributed by atoms with Crippen LogP contribution in [-0.2, 0) is 0 Å². The third kappa shape index (κ3) is 5.35. The Hall–Kier alpha value is -1.96. The fourth-order valence-electron chi connectivity index (χ4n) is 2.51. The molecule has 3 aromatic rings. The van der Waals surface area contributed by atoms with Crippen molar-refractivity contribution in [1.82, 2.24) is 9.38 Å². The molecule has 3 rings (SSSR count). The zero-order valence-corrected chi connectivity index (χ0v) is 18.5. The third-order valence-corrected chi connectivity index (χ3v) is 5.91. The van der Waals surface area contributed by atoms with Gasteiger partial charge >= 0.3 is 5.51 Å². The molecule has 2 aromatic heterocycles. The van der Waals surface area contributed by atoms with Gasteiger partial charge in [-0.25, -0.2) is 4.98 Å². The van der Waals surface area contributed by atoms with Crippen LogP contribution in [0.3, 0.4) is 0 Å². The maximum Gasteiger partial charge on any atom is 0.447 e. The fraction of sp³-hybridized carbons (Fsp3) is 0.211. The lowest BCUT2D eigenvalue weighted by molar-refractivity contribution is -0.0329. The molecule has 0 bridgehead atoms. The summed E-state index contributed by atoms with van der Waals surface area (Å²) in [5, 5.41) is 3.05. The Morgan fingerprint density at radius 2 is 2.10 bits per heavy atom. The van der Waals surface area contributed by atoms with Gasteiger partial charge in [-0.1, -0.05) is 5.92 Å². The molecule has 0 aliphatic heterocycles. The van der Waals surface area contributed by atoms with E-state index in [4.69, 9.17) is 4.74 Å². The minimum Gasteiger partial charge on any atom is -0.495 e. The number of anilines is 1. The summed E-state index contributed by atoms with van der Waals surface area (Å²) in [5.41, 5.74) is -3.24. The summed E-state index contributed by atoms with van der Waals surface area (Å²) < 4.78 is 46.4. The van der Waals surface area contributed by atoms with Gasteiger partial charge in [0.2, 0.25) is 0 Å². The zero-order valence-electron chi connectivity index (χ0n) is 15.3. The molecular weight excluding hydrogens is 487 g/mol. The van der Waals surface area contributed by atoms with Crippen LogP contribution in [0, 0.1) is 11.8 Å². The lowest BCUT2D eigenvalue weighted by Crippen LogP contribution is -2.02. The van der Waals surface area contributed by atoms with Crippen LogP contribution in [0.4, 0.5) is 18.9 Å². The Balaban J connectivity index is 1.85. The van der Waals surface area contributed by atoms with Crippen molar-refractivity contribution in [1.29, 1.82) is 0 Å². The number of benzene rings is 1. The molecule has 0 unspecified atom stereocenters. The largest absolute Gasteiger partial charge is 0.495 e. The molecule has 152 valence electrons. The predicted molar refractivity (Wildman–Crippen MR) is 115 cm³/mol. The molecule has 1 aromatic carbocycles. The first kappa shape index (κ1) is 21.7. The maximum atomic E-state index is 13.0. The maximum absolute atomic E-state index is 13.0. The molecule has 0 aliphatic carbocycles. The number of nitrogens with one attached hydrogen (secondary N) is 1. The Kier molecular flexibility index (Phi) is 6.93. The second-order valence-electron chi connectivity index (χ2n) is 5.58. The van der Waals surface area contributed by atoms with Gasteiger partial charge in [-0.05, 0) is 58.4 Å². The number of thioether (sulfide) groups is 2. The monoisotopic (exact) mass is 501 g/mol. The van der Waals surface area contributed by atoms with E-state index in [-0.39, 0.29) is 29.0 Å². The highest BCUT2D eigenvalue weighted by molar-refractivity contribution is 9.10. The molecule has 1 N–H and O–H groups in total. The first-order valence-corrected chi connectivity index (χ1v) is 11.0. The van der Waals surface area contributed by atoms with Crippen molar-refractivity contribution in [3.63, 3.8) is 0 Å². The first-order chi connectivity index (χ1) is 13.8. The average Bonchev–Trinajstić information content (AvgIpc) is 3.02. The van der Waals surface area contributed by atoms with Gasteiger partial charge in [-0.2, -0.15) is 13.2 Å². The van der Waals surface area contributed by atoms with Crippen molar-refractivity contribution in [3.8, 4) is 17.6 Å².